The van der Waals surface area contributed by atoms with E-state index in [1.165, 1.54) is 40.7 Å². The molecular formula is C22H26N2O6S. The first-order valence-corrected chi connectivity index (χ1v) is 11.4. The fraction of sp³-hybridized carbons (Fsp3) is 0.318. The van der Waals surface area contributed by atoms with Gasteiger partial charge in [0, 0.05) is 30.8 Å². The van der Waals surface area contributed by atoms with Gasteiger partial charge in [-0.25, -0.2) is 13.2 Å². The zero-order valence-electron chi connectivity index (χ0n) is 17.8. The summed E-state index contributed by atoms with van der Waals surface area (Å²) in [5.41, 5.74) is 1.05. The Balaban J connectivity index is 1.98. The van der Waals surface area contributed by atoms with E-state index in [4.69, 9.17) is 4.74 Å². The van der Waals surface area contributed by atoms with E-state index in [-0.39, 0.29) is 16.4 Å². The summed E-state index contributed by atoms with van der Waals surface area (Å²) in [5, 5.41) is 2.68. The van der Waals surface area contributed by atoms with E-state index in [0.29, 0.717) is 30.8 Å². The highest BCUT2D eigenvalue weighted by atomic mass is 32.2. The van der Waals surface area contributed by atoms with Crippen LogP contribution in [0.15, 0.2) is 53.4 Å². The highest BCUT2D eigenvalue weighted by Gasteiger charge is 2.22. The lowest BCUT2D eigenvalue weighted by atomic mass is 10.1. The number of benzene rings is 2. The monoisotopic (exact) mass is 446 g/mol. The van der Waals surface area contributed by atoms with Crippen molar-refractivity contribution in [3.8, 4) is 0 Å². The molecule has 166 valence electrons. The van der Waals surface area contributed by atoms with Crippen LogP contribution in [0, 0.1) is 0 Å². The zero-order valence-corrected chi connectivity index (χ0v) is 18.6. The van der Waals surface area contributed by atoms with E-state index in [9.17, 15) is 22.8 Å². The van der Waals surface area contributed by atoms with Crippen molar-refractivity contribution >= 4 is 33.4 Å². The number of hydrogen-bond acceptors (Lipinski definition) is 6. The Bertz CT molecular complexity index is 1030. The van der Waals surface area contributed by atoms with Crippen LogP contribution in [0.5, 0.6) is 0 Å². The van der Waals surface area contributed by atoms with E-state index in [1.807, 2.05) is 0 Å². The summed E-state index contributed by atoms with van der Waals surface area (Å²) >= 11 is 0. The minimum Gasteiger partial charge on any atom is -0.454 e. The number of esters is 1. The number of ketones is 1. The Morgan fingerprint density at radius 3 is 1.94 bits per heavy atom. The predicted molar refractivity (Wildman–Crippen MR) is 117 cm³/mol. The molecule has 0 aromatic heterocycles. The normalized spacial score (nSPS) is 11.2. The first-order valence-electron chi connectivity index (χ1n) is 9.93. The molecule has 1 N–H and O–H groups in total. The zero-order chi connectivity index (χ0) is 23.0. The number of anilines is 1. The van der Waals surface area contributed by atoms with Crippen LogP contribution in [-0.4, -0.2) is 50.1 Å². The van der Waals surface area contributed by atoms with Gasteiger partial charge < -0.3 is 10.1 Å². The number of nitrogens with zero attached hydrogens (tertiary/aromatic N) is 1. The highest BCUT2D eigenvalue weighted by molar-refractivity contribution is 7.89. The van der Waals surface area contributed by atoms with Crippen LogP contribution in [0.25, 0.3) is 0 Å². The van der Waals surface area contributed by atoms with Gasteiger partial charge in [0.2, 0.25) is 15.9 Å². The standard InChI is InChI=1S/C22H26N2O6S/c1-4-21(26)23-18-11-7-16(8-12-18)20(25)15-30-22(27)17-9-13-19(14-10-17)31(28,29)24(5-2)6-3/h7-14H,4-6,15H2,1-3H3,(H,23,26). The van der Waals surface area contributed by atoms with Gasteiger partial charge in [-0.05, 0) is 48.5 Å². The Hall–Kier alpha value is -3.04. The maximum Gasteiger partial charge on any atom is 0.338 e. The fourth-order valence-electron chi connectivity index (χ4n) is 2.76. The van der Waals surface area contributed by atoms with E-state index in [2.05, 4.69) is 5.32 Å². The Kier molecular flexibility index (Phi) is 8.47. The number of amides is 1. The minimum absolute atomic E-state index is 0.0825. The second-order valence-corrected chi connectivity index (χ2v) is 8.53. The summed E-state index contributed by atoms with van der Waals surface area (Å²) in [4.78, 5) is 35.9. The van der Waals surface area contributed by atoms with Crippen molar-refractivity contribution < 1.29 is 27.5 Å². The topological polar surface area (TPSA) is 110 Å². The molecule has 9 heteroatoms. The molecule has 0 saturated carbocycles. The van der Waals surface area contributed by atoms with Gasteiger partial charge in [-0.3, -0.25) is 9.59 Å². The van der Waals surface area contributed by atoms with Crippen molar-refractivity contribution in [1.82, 2.24) is 4.31 Å². The number of carbonyl (C=O) groups excluding carboxylic acids is 3. The van der Waals surface area contributed by atoms with Crippen LogP contribution in [-0.2, 0) is 19.6 Å². The number of Topliss-reactive ketones (excluding diaryl/α,β-unsaturated/α-hetero) is 1. The third kappa shape index (κ3) is 6.22. The van der Waals surface area contributed by atoms with Crippen molar-refractivity contribution in [1.29, 1.82) is 0 Å². The van der Waals surface area contributed by atoms with Crippen LogP contribution in [0.3, 0.4) is 0 Å². The van der Waals surface area contributed by atoms with E-state index < -0.39 is 28.4 Å². The van der Waals surface area contributed by atoms with Gasteiger partial charge in [-0.2, -0.15) is 4.31 Å². The SMILES string of the molecule is CCC(=O)Nc1ccc(C(=O)COC(=O)c2ccc(S(=O)(=O)N(CC)CC)cc2)cc1. The minimum atomic E-state index is -3.62. The van der Waals surface area contributed by atoms with Crippen LogP contribution < -0.4 is 5.32 Å². The molecule has 31 heavy (non-hydrogen) atoms. The van der Waals surface area contributed by atoms with Gasteiger partial charge in [0.15, 0.2) is 12.4 Å². The van der Waals surface area contributed by atoms with Gasteiger partial charge in [0.25, 0.3) is 0 Å². The highest BCUT2D eigenvalue weighted by Crippen LogP contribution is 2.17. The van der Waals surface area contributed by atoms with Crippen molar-refractivity contribution in [2.24, 2.45) is 0 Å². The summed E-state index contributed by atoms with van der Waals surface area (Å²) in [6, 6.07) is 11.7. The number of nitrogens with one attached hydrogen (secondary N) is 1. The average Bonchev–Trinajstić information content (AvgIpc) is 2.78. The molecule has 2 aromatic carbocycles. The van der Waals surface area contributed by atoms with Crippen molar-refractivity contribution in [3.63, 3.8) is 0 Å². The molecule has 0 saturated heterocycles. The van der Waals surface area contributed by atoms with Gasteiger partial charge in [0.1, 0.15) is 0 Å². The van der Waals surface area contributed by atoms with Crippen LogP contribution in [0.1, 0.15) is 47.9 Å². The van der Waals surface area contributed by atoms with Crippen molar-refractivity contribution in [2.45, 2.75) is 32.1 Å². The molecule has 0 spiro atoms. The first kappa shape index (κ1) is 24.2. The number of sulfonamides is 1. The van der Waals surface area contributed by atoms with E-state index in [0.717, 1.165) is 0 Å². The molecule has 2 rings (SSSR count). The summed E-state index contributed by atoms with van der Waals surface area (Å²) in [6.07, 6.45) is 0.346. The summed E-state index contributed by atoms with van der Waals surface area (Å²) in [7, 11) is -3.62. The van der Waals surface area contributed by atoms with Crippen LogP contribution in [0.2, 0.25) is 0 Å². The number of hydrogen-bond donors (Lipinski definition) is 1. The van der Waals surface area contributed by atoms with Gasteiger partial charge in [-0.15, -0.1) is 0 Å². The number of ether oxygens (including phenoxy) is 1. The second kappa shape index (κ2) is 10.8. The van der Waals surface area contributed by atoms with Crippen LogP contribution >= 0.6 is 0 Å². The molecule has 0 fully saturated rings. The molecule has 0 aliphatic rings. The van der Waals surface area contributed by atoms with Crippen LogP contribution in [0.4, 0.5) is 5.69 Å². The molecule has 0 unspecified atom stereocenters. The molecule has 1 amide bonds. The maximum atomic E-state index is 12.5. The molecular weight excluding hydrogens is 420 g/mol. The van der Waals surface area contributed by atoms with Gasteiger partial charge in [0.05, 0.1) is 10.5 Å². The lowest BCUT2D eigenvalue weighted by molar-refractivity contribution is -0.115. The Morgan fingerprint density at radius 1 is 0.871 bits per heavy atom. The first-order chi connectivity index (χ1) is 14.7. The third-order valence-corrected chi connectivity index (χ3v) is 6.64. The molecule has 0 radical (unpaired) electrons. The van der Waals surface area contributed by atoms with E-state index in [1.54, 1.807) is 32.9 Å². The van der Waals surface area contributed by atoms with Crippen molar-refractivity contribution in [3.05, 3.63) is 59.7 Å². The van der Waals surface area contributed by atoms with Gasteiger partial charge in [-0.1, -0.05) is 20.8 Å². The molecule has 0 atom stereocenters. The summed E-state index contributed by atoms with van der Waals surface area (Å²) < 4.78 is 31.4. The smallest absolute Gasteiger partial charge is 0.338 e. The maximum absolute atomic E-state index is 12.5. The van der Waals surface area contributed by atoms with Crippen molar-refractivity contribution in [2.75, 3.05) is 25.0 Å². The van der Waals surface area contributed by atoms with E-state index >= 15 is 0 Å². The Morgan fingerprint density at radius 2 is 1.42 bits per heavy atom. The fourth-order valence-corrected chi connectivity index (χ4v) is 4.22. The molecule has 2 aromatic rings. The summed E-state index contributed by atoms with van der Waals surface area (Å²) in [5.74, 6) is -1.27. The number of rotatable bonds is 10. The summed E-state index contributed by atoms with van der Waals surface area (Å²) in [6.45, 7) is 5.46. The average molecular weight is 447 g/mol. The molecule has 0 bridgehead atoms. The Labute approximate surface area is 182 Å². The third-order valence-electron chi connectivity index (χ3n) is 4.58. The molecule has 8 nitrogen and oxygen atoms in total. The lowest BCUT2D eigenvalue weighted by Crippen LogP contribution is -2.30. The largest absolute Gasteiger partial charge is 0.454 e. The predicted octanol–water partition coefficient (Wildman–Crippen LogP) is 3.11. The molecule has 0 heterocycles. The second-order valence-electron chi connectivity index (χ2n) is 6.59. The molecule has 0 aliphatic carbocycles. The van der Waals surface area contributed by atoms with Gasteiger partial charge >= 0.3 is 5.97 Å². The number of carbonyl (C=O) groups is 3. The lowest BCUT2D eigenvalue weighted by Gasteiger charge is -2.18. The quantitative estimate of drug-likeness (QED) is 0.444. The molecule has 0 aliphatic heterocycles.